The zero-order valence-corrected chi connectivity index (χ0v) is 14.8. The molecule has 0 bridgehead atoms. The maximum Gasteiger partial charge on any atom is 0.435 e. The first kappa shape index (κ1) is 19.0. The van der Waals surface area contributed by atoms with E-state index in [1.165, 1.54) is 29.5 Å². The van der Waals surface area contributed by atoms with Gasteiger partial charge >= 0.3 is 12.1 Å². The number of hydrogen-bond donors (Lipinski definition) is 1. The molecule has 1 aromatic carbocycles. The fourth-order valence-electron chi connectivity index (χ4n) is 2.75. The summed E-state index contributed by atoms with van der Waals surface area (Å²) in [4.78, 5) is 12.0. The number of hydrogen-bond acceptors (Lipinski definition) is 5. The van der Waals surface area contributed by atoms with E-state index in [1.807, 2.05) is 6.07 Å². The third-order valence-corrected chi connectivity index (χ3v) is 4.09. The van der Waals surface area contributed by atoms with Crippen molar-refractivity contribution in [3.63, 3.8) is 0 Å². The lowest BCUT2D eigenvalue weighted by Crippen LogP contribution is -2.11. The summed E-state index contributed by atoms with van der Waals surface area (Å²) in [7, 11) is 1.19. The number of methoxy groups -OCH3 is 1. The minimum atomic E-state index is -4.54. The Balaban J connectivity index is 2.04. The smallest absolute Gasteiger partial charge is 0.435 e. The van der Waals surface area contributed by atoms with Gasteiger partial charge in [0.15, 0.2) is 11.4 Å². The van der Waals surface area contributed by atoms with Crippen LogP contribution in [0.25, 0.3) is 11.4 Å². The molecule has 0 radical (unpaired) electrons. The molecule has 0 amide bonds. The zero-order valence-electron chi connectivity index (χ0n) is 14.8. The Morgan fingerprint density at radius 1 is 1.25 bits per heavy atom. The average Bonchev–Trinajstić information content (AvgIpc) is 3.21. The summed E-state index contributed by atoms with van der Waals surface area (Å²) in [5.74, 6) is -0.721. The van der Waals surface area contributed by atoms with Crippen LogP contribution in [0.1, 0.15) is 27.4 Å². The third-order valence-electron chi connectivity index (χ3n) is 4.09. The molecular formula is C18H14F3N5O2. The van der Waals surface area contributed by atoms with Gasteiger partial charge in [-0.1, -0.05) is 0 Å². The van der Waals surface area contributed by atoms with Crippen molar-refractivity contribution in [2.24, 2.45) is 0 Å². The topological polar surface area (TPSA) is 98.9 Å². The normalized spacial score (nSPS) is 11.3. The van der Waals surface area contributed by atoms with E-state index in [9.17, 15) is 18.0 Å². The van der Waals surface area contributed by atoms with Crippen molar-refractivity contribution in [1.82, 2.24) is 14.3 Å². The maximum atomic E-state index is 12.8. The molecule has 0 aliphatic heterocycles. The van der Waals surface area contributed by atoms with Crippen molar-refractivity contribution < 1.29 is 22.7 Å². The monoisotopic (exact) mass is 389 g/mol. The van der Waals surface area contributed by atoms with Crippen LogP contribution < -0.4 is 5.73 Å². The quantitative estimate of drug-likeness (QED) is 0.694. The standard InChI is InChI=1S/C18H14F3N5O2/c1-10-7-14(18(19,20)21)24-26(10)13-5-3-12(4-6-13)25-9-11(8-22)15(23)16(25)17(27)28-2/h3-7,9H,23H2,1-2H3. The number of ether oxygens (including phenoxy) is 1. The Morgan fingerprint density at radius 3 is 2.36 bits per heavy atom. The van der Waals surface area contributed by atoms with E-state index in [-0.39, 0.29) is 16.9 Å². The molecule has 0 fully saturated rings. The number of esters is 1. The molecule has 3 aromatic rings. The summed E-state index contributed by atoms with van der Waals surface area (Å²) >= 11 is 0. The van der Waals surface area contributed by atoms with Crippen LogP contribution in [0.4, 0.5) is 18.9 Å². The number of nitrogen functional groups attached to an aromatic ring is 1. The van der Waals surface area contributed by atoms with Crippen molar-refractivity contribution in [3.05, 3.63) is 59.2 Å². The number of anilines is 1. The van der Waals surface area contributed by atoms with Gasteiger partial charge in [-0.3, -0.25) is 0 Å². The first-order chi connectivity index (χ1) is 13.2. The van der Waals surface area contributed by atoms with Crippen molar-refractivity contribution in [2.75, 3.05) is 12.8 Å². The van der Waals surface area contributed by atoms with Crippen molar-refractivity contribution in [2.45, 2.75) is 13.1 Å². The van der Waals surface area contributed by atoms with Crippen LogP contribution >= 0.6 is 0 Å². The minimum absolute atomic E-state index is 0.0126. The molecule has 0 atom stereocenters. The second-order valence-corrected chi connectivity index (χ2v) is 5.88. The molecule has 0 saturated heterocycles. The first-order valence-electron chi connectivity index (χ1n) is 7.91. The largest absolute Gasteiger partial charge is 0.464 e. The number of aromatic nitrogens is 3. The number of carbonyl (C=O) groups excluding carboxylic acids is 1. The minimum Gasteiger partial charge on any atom is -0.464 e. The van der Waals surface area contributed by atoms with Gasteiger partial charge in [0, 0.05) is 17.6 Å². The summed E-state index contributed by atoms with van der Waals surface area (Å²) in [6, 6.07) is 9.06. The molecule has 0 aliphatic carbocycles. The Bertz CT molecular complexity index is 1090. The van der Waals surface area contributed by atoms with Crippen LogP contribution in [0, 0.1) is 18.3 Å². The van der Waals surface area contributed by atoms with E-state index in [1.54, 1.807) is 24.3 Å². The summed E-state index contributed by atoms with van der Waals surface area (Å²) < 4.78 is 45.8. The molecule has 28 heavy (non-hydrogen) atoms. The zero-order chi connectivity index (χ0) is 20.6. The number of nitrogens with two attached hydrogens (primary N) is 1. The first-order valence-corrected chi connectivity index (χ1v) is 7.91. The van der Waals surface area contributed by atoms with E-state index in [0.717, 1.165) is 6.07 Å². The summed E-state index contributed by atoms with van der Waals surface area (Å²) in [6.45, 7) is 1.51. The van der Waals surface area contributed by atoms with Gasteiger partial charge < -0.3 is 15.0 Å². The lowest BCUT2D eigenvalue weighted by Gasteiger charge is -2.10. The van der Waals surface area contributed by atoms with Crippen LogP contribution in [-0.2, 0) is 10.9 Å². The molecule has 7 nitrogen and oxygen atoms in total. The molecule has 3 rings (SSSR count). The van der Waals surface area contributed by atoms with Gasteiger partial charge in [0.25, 0.3) is 0 Å². The van der Waals surface area contributed by atoms with Gasteiger partial charge in [0.2, 0.25) is 0 Å². The highest BCUT2D eigenvalue weighted by atomic mass is 19.4. The highest BCUT2D eigenvalue weighted by molar-refractivity contribution is 5.95. The molecule has 0 unspecified atom stereocenters. The number of aryl methyl sites for hydroxylation is 1. The van der Waals surface area contributed by atoms with Gasteiger partial charge in [0.1, 0.15) is 6.07 Å². The van der Waals surface area contributed by atoms with Crippen LogP contribution in [0.5, 0.6) is 0 Å². The maximum absolute atomic E-state index is 12.8. The summed E-state index contributed by atoms with van der Waals surface area (Å²) in [5, 5.41) is 12.7. The highest BCUT2D eigenvalue weighted by Gasteiger charge is 2.34. The van der Waals surface area contributed by atoms with E-state index in [2.05, 4.69) is 5.10 Å². The fraction of sp³-hybridized carbons (Fsp3) is 0.167. The molecule has 2 heterocycles. The van der Waals surface area contributed by atoms with Crippen LogP contribution in [0.2, 0.25) is 0 Å². The molecule has 10 heteroatoms. The molecule has 0 saturated carbocycles. The number of rotatable bonds is 3. The Morgan fingerprint density at radius 2 is 1.86 bits per heavy atom. The predicted molar refractivity (Wildman–Crippen MR) is 93.1 cm³/mol. The number of carbonyl (C=O) groups is 1. The van der Waals surface area contributed by atoms with Crippen molar-refractivity contribution in [3.8, 4) is 17.4 Å². The SMILES string of the molecule is COC(=O)c1c(N)c(C#N)cn1-c1ccc(-n2nc(C(F)(F)F)cc2C)cc1. The van der Waals surface area contributed by atoms with Gasteiger partial charge in [-0.2, -0.15) is 23.5 Å². The second kappa shape index (κ2) is 6.77. The molecule has 0 aliphatic rings. The number of alkyl halides is 3. The third kappa shape index (κ3) is 3.18. The molecule has 2 N–H and O–H groups in total. The number of nitriles is 1. The predicted octanol–water partition coefficient (Wildman–Crippen LogP) is 3.23. The second-order valence-electron chi connectivity index (χ2n) is 5.88. The Kier molecular flexibility index (Phi) is 4.60. The molecular weight excluding hydrogens is 375 g/mol. The molecule has 2 aromatic heterocycles. The fourth-order valence-corrected chi connectivity index (χ4v) is 2.75. The van der Waals surface area contributed by atoms with Gasteiger partial charge in [0.05, 0.1) is 24.0 Å². The van der Waals surface area contributed by atoms with Gasteiger partial charge in [-0.25, -0.2) is 9.48 Å². The van der Waals surface area contributed by atoms with Crippen molar-refractivity contribution in [1.29, 1.82) is 5.26 Å². The van der Waals surface area contributed by atoms with Gasteiger partial charge in [-0.05, 0) is 37.3 Å². The van der Waals surface area contributed by atoms with E-state index < -0.39 is 17.8 Å². The summed E-state index contributed by atoms with van der Waals surface area (Å²) in [5.41, 5.74) is 6.11. The van der Waals surface area contributed by atoms with Gasteiger partial charge in [-0.15, -0.1) is 0 Å². The van der Waals surface area contributed by atoms with E-state index in [4.69, 9.17) is 15.7 Å². The van der Waals surface area contributed by atoms with E-state index >= 15 is 0 Å². The van der Waals surface area contributed by atoms with Crippen LogP contribution in [0.15, 0.2) is 36.5 Å². The van der Waals surface area contributed by atoms with Crippen molar-refractivity contribution >= 4 is 11.7 Å². The summed E-state index contributed by atoms with van der Waals surface area (Å²) in [6.07, 6.45) is -3.15. The molecule has 0 spiro atoms. The molecule has 144 valence electrons. The number of halogens is 3. The number of benzene rings is 1. The Hall–Kier alpha value is -3.74. The lowest BCUT2D eigenvalue weighted by atomic mass is 10.2. The van der Waals surface area contributed by atoms with Crippen LogP contribution in [-0.4, -0.2) is 27.4 Å². The van der Waals surface area contributed by atoms with E-state index in [0.29, 0.717) is 17.1 Å². The average molecular weight is 389 g/mol. The van der Waals surface area contributed by atoms with Crippen LogP contribution in [0.3, 0.4) is 0 Å². The Labute approximate surface area is 157 Å². The lowest BCUT2D eigenvalue weighted by molar-refractivity contribution is -0.141. The number of nitrogens with zero attached hydrogens (tertiary/aromatic N) is 4. The highest BCUT2D eigenvalue weighted by Crippen LogP contribution is 2.30.